The van der Waals surface area contributed by atoms with Crippen molar-refractivity contribution in [3.8, 4) is 0 Å². The monoisotopic (exact) mass is 241 g/mol. The molecule has 0 fully saturated rings. The minimum atomic E-state index is -0.371. The fourth-order valence-corrected chi connectivity index (χ4v) is 1.57. The second-order valence-electron chi connectivity index (χ2n) is 4.23. The number of hydrogen-bond donors (Lipinski definition) is 0. The highest BCUT2D eigenvalue weighted by Gasteiger charge is 2.11. The summed E-state index contributed by atoms with van der Waals surface area (Å²) >= 11 is 6.13. The van der Waals surface area contributed by atoms with E-state index in [2.05, 4.69) is 13.8 Å². The van der Waals surface area contributed by atoms with E-state index in [0.717, 1.165) is 18.4 Å². The van der Waals surface area contributed by atoms with Gasteiger partial charge in [0.2, 0.25) is 0 Å². The number of non-ortho nitro benzene ring substituents is 1. The van der Waals surface area contributed by atoms with E-state index >= 15 is 0 Å². The van der Waals surface area contributed by atoms with Gasteiger partial charge in [-0.1, -0.05) is 26.0 Å². The molecule has 0 amide bonds. The van der Waals surface area contributed by atoms with Crippen molar-refractivity contribution in [2.24, 2.45) is 5.92 Å². The third kappa shape index (κ3) is 3.81. The highest BCUT2D eigenvalue weighted by molar-refractivity contribution is 6.20. The fourth-order valence-electron chi connectivity index (χ4n) is 1.46. The number of nitro groups is 1. The van der Waals surface area contributed by atoms with Crippen LogP contribution in [0.25, 0.3) is 0 Å². The third-order valence-electron chi connectivity index (χ3n) is 2.55. The predicted octanol–water partition coefficient (Wildman–Crippen LogP) is 3.79. The molecule has 0 radical (unpaired) electrons. The van der Waals surface area contributed by atoms with Crippen LogP contribution < -0.4 is 0 Å². The van der Waals surface area contributed by atoms with Crippen molar-refractivity contribution < 1.29 is 4.92 Å². The van der Waals surface area contributed by atoms with Crippen molar-refractivity contribution in [1.29, 1.82) is 0 Å². The number of nitro benzene ring substituents is 1. The molecule has 0 N–H and O–H groups in total. The molecule has 0 spiro atoms. The molecule has 4 heteroatoms. The molecule has 16 heavy (non-hydrogen) atoms. The van der Waals surface area contributed by atoms with Crippen molar-refractivity contribution in [1.82, 2.24) is 0 Å². The fraction of sp³-hybridized carbons (Fsp3) is 0.500. The van der Waals surface area contributed by atoms with Crippen LogP contribution in [0.5, 0.6) is 0 Å². The van der Waals surface area contributed by atoms with Gasteiger partial charge in [0.05, 0.1) is 4.92 Å². The molecule has 88 valence electrons. The summed E-state index contributed by atoms with van der Waals surface area (Å²) in [6, 6.07) is 6.73. The quantitative estimate of drug-likeness (QED) is 0.447. The van der Waals surface area contributed by atoms with Gasteiger partial charge >= 0.3 is 0 Å². The van der Waals surface area contributed by atoms with Crippen LogP contribution in [0.1, 0.15) is 25.8 Å². The van der Waals surface area contributed by atoms with Crippen molar-refractivity contribution in [3.05, 3.63) is 39.9 Å². The molecule has 1 aromatic carbocycles. The summed E-state index contributed by atoms with van der Waals surface area (Å²) in [6.45, 7) is 4.15. The van der Waals surface area contributed by atoms with Crippen LogP contribution >= 0.6 is 11.6 Å². The molecule has 0 bridgehead atoms. The molecule has 0 saturated carbocycles. The van der Waals surface area contributed by atoms with Gasteiger partial charge in [-0.05, 0) is 24.3 Å². The number of benzene rings is 1. The minimum absolute atomic E-state index is 0.124. The second-order valence-corrected chi connectivity index (χ2v) is 4.79. The lowest BCUT2D eigenvalue weighted by atomic mass is 10.0. The summed E-state index contributed by atoms with van der Waals surface area (Å²) in [5.41, 5.74) is 1.12. The lowest BCUT2D eigenvalue weighted by molar-refractivity contribution is -0.384. The maximum Gasteiger partial charge on any atom is 0.269 e. The van der Waals surface area contributed by atoms with Crippen molar-refractivity contribution >= 4 is 17.3 Å². The highest BCUT2D eigenvalue weighted by atomic mass is 35.5. The van der Waals surface area contributed by atoms with E-state index in [1.807, 2.05) is 6.07 Å². The van der Waals surface area contributed by atoms with E-state index in [9.17, 15) is 10.1 Å². The molecule has 1 aromatic rings. The van der Waals surface area contributed by atoms with Gasteiger partial charge in [0.1, 0.15) is 0 Å². The van der Waals surface area contributed by atoms with Gasteiger partial charge in [-0.2, -0.15) is 0 Å². The van der Waals surface area contributed by atoms with E-state index in [1.165, 1.54) is 6.07 Å². The first-order valence-corrected chi connectivity index (χ1v) is 5.81. The Morgan fingerprint density at radius 2 is 2.12 bits per heavy atom. The molecule has 0 heterocycles. The Hall–Kier alpha value is -1.09. The number of hydrogen-bond acceptors (Lipinski definition) is 2. The minimum Gasteiger partial charge on any atom is -0.258 e. The van der Waals surface area contributed by atoms with Gasteiger partial charge in [-0.15, -0.1) is 11.6 Å². The largest absolute Gasteiger partial charge is 0.269 e. The maximum absolute atomic E-state index is 10.6. The van der Waals surface area contributed by atoms with Gasteiger partial charge in [-0.3, -0.25) is 10.1 Å². The Kier molecular flexibility index (Phi) is 4.74. The number of alkyl halides is 1. The lowest BCUT2D eigenvalue weighted by Crippen LogP contribution is -2.08. The molecular weight excluding hydrogens is 226 g/mol. The van der Waals surface area contributed by atoms with Crippen LogP contribution in [-0.4, -0.2) is 10.3 Å². The molecule has 0 aliphatic carbocycles. The summed E-state index contributed by atoms with van der Waals surface area (Å²) in [5, 5.41) is 10.7. The van der Waals surface area contributed by atoms with Crippen LogP contribution in [0.15, 0.2) is 24.3 Å². The molecule has 0 aromatic heterocycles. The SMILES string of the molecule is CC(C)C(Cl)CCc1cccc([N+](=O)[O-])c1. The normalized spacial score (nSPS) is 12.8. The average Bonchev–Trinajstić information content (AvgIpc) is 2.26. The highest BCUT2D eigenvalue weighted by Crippen LogP contribution is 2.19. The van der Waals surface area contributed by atoms with Gasteiger partial charge in [-0.25, -0.2) is 0 Å². The first-order valence-electron chi connectivity index (χ1n) is 5.38. The molecule has 1 rings (SSSR count). The zero-order valence-corrected chi connectivity index (χ0v) is 10.3. The van der Waals surface area contributed by atoms with Gasteiger partial charge in [0.15, 0.2) is 0 Å². The van der Waals surface area contributed by atoms with Crippen LogP contribution in [0.4, 0.5) is 5.69 Å². The van der Waals surface area contributed by atoms with Crippen molar-refractivity contribution in [2.45, 2.75) is 32.1 Å². The Bertz CT molecular complexity index is 366. The van der Waals surface area contributed by atoms with Gasteiger partial charge < -0.3 is 0 Å². The molecule has 3 nitrogen and oxygen atoms in total. The van der Waals surface area contributed by atoms with E-state index in [1.54, 1.807) is 12.1 Å². The zero-order valence-electron chi connectivity index (χ0n) is 9.52. The smallest absolute Gasteiger partial charge is 0.258 e. The summed E-state index contributed by atoms with van der Waals surface area (Å²) in [5.74, 6) is 0.431. The average molecular weight is 242 g/mol. The Morgan fingerprint density at radius 1 is 1.44 bits per heavy atom. The van der Waals surface area contributed by atoms with Crippen LogP contribution in [0, 0.1) is 16.0 Å². The molecule has 0 aliphatic rings. The van der Waals surface area contributed by atoms with E-state index < -0.39 is 0 Å². The standard InChI is InChI=1S/C12H16ClNO2/c1-9(2)12(13)7-6-10-4-3-5-11(8-10)14(15)16/h3-5,8-9,12H,6-7H2,1-2H3. The molecule has 0 saturated heterocycles. The Balaban J connectivity index is 2.61. The number of nitrogens with zero attached hydrogens (tertiary/aromatic N) is 1. The van der Waals surface area contributed by atoms with Crippen LogP contribution in [-0.2, 0) is 6.42 Å². The van der Waals surface area contributed by atoms with E-state index in [0.29, 0.717) is 5.92 Å². The van der Waals surface area contributed by atoms with Crippen molar-refractivity contribution in [3.63, 3.8) is 0 Å². The number of rotatable bonds is 5. The molecule has 0 aliphatic heterocycles. The third-order valence-corrected chi connectivity index (χ3v) is 3.28. The maximum atomic E-state index is 10.6. The summed E-state index contributed by atoms with van der Waals surface area (Å²) in [4.78, 5) is 10.2. The second kappa shape index (κ2) is 5.85. The van der Waals surface area contributed by atoms with Crippen LogP contribution in [0.3, 0.4) is 0 Å². The topological polar surface area (TPSA) is 43.1 Å². The molecule has 1 atom stereocenters. The van der Waals surface area contributed by atoms with Crippen molar-refractivity contribution in [2.75, 3.05) is 0 Å². The number of aryl methyl sites for hydroxylation is 1. The zero-order chi connectivity index (χ0) is 12.1. The first-order chi connectivity index (χ1) is 7.50. The summed E-state index contributed by atoms with van der Waals surface area (Å²) < 4.78 is 0. The van der Waals surface area contributed by atoms with Gasteiger partial charge in [0.25, 0.3) is 5.69 Å². The molecule has 1 unspecified atom stereocenters. The summed E-state index contributed by atoms with van der Waals surface area (Å²) in [6.07, 6.45) is 1.63. The van der Waals surface area contributed by atoms with E-state index in [4.69, 9.17) is 11.6 Å². The van der Waals surface area contributed by atoms with Gasteiger partial charge in [0, 0.05) is 17.5 Å². The Morgan fingerprint density at radius 3 is 2.69 bits per heavy atom. The van der Waals surface area contributed by atoms with Crippen LogP contribution in [0.2, 0.25) is 0 Å². The van der Waals surface area contributed by atoms with E-state index in [-0.39, 0.29) is 16.0 Å². The predicted molar refractivity (Wildman–Crippen MR) is 65.9 cm³/mol. The molecular formula is C12H16ClNO2. The first kappa shape index (κ1) is 13.0. The summed E-state index contributed by atoms with van der Waals surface area (Å²) in [7, 11) is 0. The number of halogens is 1. The lowest BCUT2D eigenvalue weighted by Gasteiger charge is -2.12. The Labute approximate surface area is 101 Å².